The van der Waals surface area contributed by atoms with Crippen LogP contribution in [0.4, 0.5) is 0 Å². The highest BCUT2D eigenvalue weighted by molar-refractivity contribution is 5.06. The maximum absolute atomic E-state index is 5.97. The molecule has 0 saturated carbocycles. The highest BCUT2D eigenvalue weighted by atomic mass is 16.5. The number of fused-ring (bicyclic) bond motifs is 1. The van der Waals surface area contributed by atoms with Crippen molar-refractivity contribution in [2.75, 3.05) is 13.2 Å². The molecular weight excluding hydrogens is 316 g/mol. The molecule has 6 nitrogen and oxygen atoms in total. The highest BCUT2D eigenvalue weighted by Crippen LogP contribution is 2.18. The molecule has 0 fully saturated rings. The third kappa shape index (κ3) is 4.15. The number of furan rings is 1. The zero-order valence-electron chi connectivity index (χ0n) is 14.1. The van der Waals surface area contributed by atoms with Crippen LogP contribution in [0.25, 0.3) is 0 Å². The second kappa shape index (κ2) is 7.63. The van der Waals surface area contributed by atoms with Crippen molar-refractivity contribution < 1.29 is 9.15 Å². The van der Waals surface area contributed by atoms with Crippen LogP contribution in [0.1, 0.15) is 17.1 Å². The molecule has 1 aliphatic heterocycles. The second-order valence-corrected chi connectivity index (χ2v) is 6.49. The van der Waals surface area contributed by atoms with Crippen LogP contribution in [0.3, 0.4) is 0 Å². The van der Waals surface area contributed by atoms with Gasteiger partial charge in [-0.2, -0.15) is 0 Å². The molecule has 1 aliphatic rings. The van der Waals surface area contributed by atoms with E-state index in [1.165, 1.54) is 0 Å². The Hall–Kier alpha value is -2.44. The third-order valence-electron chi connectivity index (χ3n) is 4.44. The van der Waals surface area contributed by atoms with Crippen molar-refractivity contribution in [3.63, 3.8) is 0 Å². The van der Waals surface area contributed by atoms with Crippen molar-refractivity contribution >= 4 is 0 Å². The lowest BCUT2D eigenvalue weighted by molar-refractivity contribution is 0.0653. The summed E-state index contributed by atoms with van der Waals surface area (Å²) in [5, 5.41) is 0. The van der Waals surface area contributed by atoms with Gasteiger partial charge in [-0.3, -0.25) is 9.88 Å². The van der Waals surface area contributed by atoms with Gasteiger partial charge in [-0.05, 0) is 23.8 Å². The molecular formula is C19H22N4O2. The molecule has 0 amide bonds. The van der Waals surface area contributed by atoms with Crippen LogP contribution in [0, 0.1) is 5.92 Å². The smallest absolute Gasteiger partial charge is 0.122 e. The first-order valence-electron chi connectivity index (χ1n) is 8.58. The van der Waals surface area contributed by atoms with E-state index in [0.29, 0.717) is 19.1 Å². The molecule has 0 unspecified atom stereocenters. The predicted molar refractivity (Wildman–Crippen MR) is 92.4 cm³/mol. The minimum atomic E-state index is 0.405. The summed E-state index contributed by atoms with van der Waals surface area (Å²) in [6, 6.07) is 7.93. The van der Waals surface area contributed by atoms with Crippen LogP contribution in [0.2, 0.25) is 0 Å². The van der Waals surface area contributed by atoms with Crippen LogP contribution in [0.5, 0.6) is 0 Å². The Morgan fingerprint density at radius 3 is 3.04 bits per heavy atom. The second-order valence-electron chi connectivity index (χ2n) is 6.49. The van der Waals surface area contributed by atoms with Gasteiger partial charge in [0, 0.05) is 43.8 Å². The van der Waals surface area contributed by atoms with Crippen molar-refractivity contribution in [1.82, 2.24) is 19.4 Å². The van der Waals surface area contributed by atoms with Gasteiger partial charge in [-0.1, -0.05) is 6.07 Å². The van der Waals surface area contributed by atoms with Crippen LogP contribution in [-0.2, 0) is 31.0 Å². The molecule has 4 rings (SSSR count). The van der Waals surface area contributed by atoms with Gasteiger partial charge in [-0.25, -0.2) is 4.98 Å². The molecule has 3 aromatic heterocycles. The summed E-state index contributed by atoms with van der Waals surface area (Å²) in [7, 11) is 0. The lowest BCUT2D eigenvalue weighted by Crippen LogP contribution is -2.30. The quantitative estimate of drug-likeness (QED) is 0.692. The molecule has 0 bridgehead atoms. The van der Waals surface area contributed by atoms with Crippen LogP contribution in [0.15, 0.2) is 59.7 Å². The number of imidazole rings is 1. The van der Waals surface area contributed by atoms with Crippen molar-refractivity contribution in [3.8, 4) is 0 Å². The molecule has 0 N–H and O–H groups in total. The number of hydrogen-bond acceptors (Lipinski definition) is 5. The Balaban J connectivity index is 1.40. The standard InChI is InChI=1S/C19H22N4O2/c1-3-16(9-20-5-1)14-24-15-17-10-22(12-18-4-2-8-25-18)13-19-21-6-7-23(19)11-17/h1-9,17H,10-15H2/t17-/m0/s1. The Labute approximate surface area is 147 Å². The molecule has 0 aliphatic carbocycles. The van der Waals surface area contributed by atoms with E-state index >= 15 is 0 Å². The molecule has 130 valence electrons. The van der Waals surface area contributed by atoms with Gasteiger partial charge < -0.3 is 13.7 Å². The largest absolute Gasteiger partial charge is 0.468 e. The summed E-state index contributed by atoms with van der Waals surface area (Å²) in [4.78, 5) is 11.0. The zero-order chi connectivity index (χ0) is 16.9. The van der Waals surface area contributed by atoms with Gasteiger partial charge >= 0.3 is 0 Å². The topological polar surface area (TPSA) is 56.3 Å². The first-order chi connectivity index (χ1) is 12.4. The van der Waals surface area contributed by atoms with E-state index in [9.17, 15) is 0 Å². The molecule has 3 aromatic rings. The Kier molecular flexibility index (Phi) is 4.90. The molecule has 1 atom stereocenters. The van der Waals surface area contributed by atoms with Gasteiger partial charge in [0.2, 0.25) is 0 Å². The summed E-state index contributed by atoms with van der Waals surface area (Å²) in [6.45, 7) is 4.81. The molecule has 6 heteroatoms. The summed E-state index contributed by atoms with van der Waals surface area (Å²) >= 11 is 0. The number of aromatic nitrogens is 3. The van der Waals surface area contributed by atoms with Crippen molar-refractivity contribution in [3.05, 3.63) is 72.5 Å². The Morgan fingerprint density at radius 1 is 1.20 bits per heavy atom. The van der Waals surface area contributed by atoms with E-state index in [1.807, 2.05) is 36.7 Å². The third-order valence-corrected chi connectivity index (χ3v) is 4.44. The van der Waals surface area contributed by atoms with Gasteiger partial charge in [0.15, 0.2) is 0 Å². The Bertz CT molecular complexity index is 770. The van der Waals surface area contributed by atoms with E-state index in [0.717, 1.165) is 43.3 Å². The fourth-order valence-corrected chi connectivity index (χ4v) is 3.30. The van der Waals surface area contributed by atoms with E-state index in [1.54, 1.807) is 12.5 Å². The minimum Gasteiger partial charge on any atom is -0.468 e. The first-order valence-corrected chi connectivity index (χ1v) is 8.58. The summed E-state index contributed by atoms with van der Waals surface area (Å²) in [5.41, 5.74) is 1.10. The van der Waals surface area contributed by atoms with Crippen molar-refractivity contribution in [1.29, 1.82) is 0 Å². The van der Waals surface area contributed by atoms with Gasteiger partial charge in [0.05, 0.1) is 32.6 Å². The maximum atomic E-state index is 5.97. The number of nitrogens with zero attached hydrogens (tertiary/aromatic N) is 4. The Morgan fingerprint density at radius 2 is 2.20 bits per heavy atom. The predicted octanol–water partition coefficient (Wildman–Crippen LogP) is 2.72. The molecule has 25 heavy (non-hydrogen) atoms. The SMILES string of the molecule is c1cncc(COC[C@H]2CN(Cc3ccco3)Cc3nccn3C2)c1. The molecule has 0 aromatic carbocycles. The fraction of sp³-hybridized carbons (Fsp3) is 0.368. The van der Waals surface area contributed by atoms with E-state index in [2.05, 4.69) is 25.6 Å². The monoisotopic (exact) mass is 338 g/mol. The van der Waals surface area contributed by atoms with Crippen LogP contribution < -0.4 is 0 Å². The van der Waals surface area contributed by atoms with Gasteiger partial charge in [-0.15, -0.1) is 0 Å². The summed E-state index contributed by atoms with van der Waals surface area (Å²) in [5.74, 6) is 2.48. The van der Waals surface area contributed by atoms with E-state index < -0.39 is 0 Å². The van der Waals surface area contributed by atoms with Crippen molar-refractivity contribution in [2.45, 2.75) is 26.2 Å². The van der Waals surface area contributed by atoms with Gasteiger partial charge in [0.25, 0.3) is 0 Å². The number of rotatable bonds is 6. The van der Waals surface area contributed by atoms with E-state index in [4.69, 9.17) is 9.15 Å². The molecule has 0 saturated heterocycles. The minimum absolute atomic E-state index is 0.405. The lowest BCUT2D eigenvalue weighted by Gasteiger charge is -2.22. The molecule has 4 heterocycles. The fourth-order valence-electron chi connectivity index (χ4n) is 3.30. The number of hydrogen-bond donors (Lipinski definition) is 0. The highest BCUT2D eigenvalue weighted by Gasteiger charge is 2.23. The van der Waals surface area contributed by atoms with Crippen LogP contribution >= 0.6 is 0 Å². The zero-order valence-corrected chi connectivity index (χ0v) is 14.1. The average molecular weight is 338 g/mol. The lowest BCUT2D eigenvalue weighted by atomic mass is 10.1. The molecule has 0 spiro atoms. The summed E-state index contributed by atoms with van der Waals surface area (Å²) in [6.07, 6.45) is 9.29. The maximum Gasteiger partial charge on any atom is 0.122 e. The normalized spacial score (nSPS) is 18.0. The van der Waals surface area contributed by atoms with E-state index in [-0.39, 0.29) is 0 Å². The molecule has 0 radical (unpaired) electrons. The van der Waals surface area contributed by atoms with Crippen molar-refractivity contribution in [2.24, 2.45) is 5.92 Å². The number of pyridine rings is 1. The number of ether oxygens (including phenoxy) is 1. The summed E-state index contributed by atoms with van der Waals surface area (Å²) < 4.78 is 13.7. The van der Waals surface area contributed by atoms with Gasteiger partial charge in [0.1, 0.15) is 11.6 Å². The van der Waals surface area contributed by atoms with Crippen LogP contribution in [-0.4, -0.2) is 32.6 Å². The first kappa shape index (κ1) is 16.1. The average Bonchev–Trinajstić information content (AvgIpc) is 3.25.